The van der Waals surface area contributed by atoms with Gasteiger partial charge in [0.15, 0.2) is 0 Å². The normalized spacial score (nSPS) is 14.6. The Morgan fingerprint density at radius 2 is 1.41 bits per heavy atom. The molecule has 5 rings (SSSR count). The average Bonchev–Trinajstić information content (AvgIpc) is 2.96. The second kappa shape index (κ2) is 11.7. The van der Waals surface area contributed by atoms with Crippen LogP contribution in [0.1, 0.15) is 51.1 Å². The van der Waals surface area contributed by atoms with E-state index in [0.717, 1.165) is 23.1 Å². The molecule has 5 heteroatoms. The van der Waals surface area contributed by atoms with Gasteiger partial charge in [-0.15, -0.1) is 0 Å². The lowest BCUT2D eigenvalue weighted by Gasteiger charge is -2.26. The molecule has 2 N–H and O–H groups in total. The maximum atomic E-state index is 13.0. The standard InChI is InChI=1S/C32H30N2O3/c35-31(21-29(23-9-3-1-4-10-23)24-11-5-2-6-12-24)34-27-17-15-26(16-18-27)32(36)33-22-30-28-14-8-7-13-25(28)19-20-37-30/h1-18,29-30H,19-22H2,(H,33,36)(H,34,35). The topological polar surface area (TPSA) is 67.4 Å². The maximum absolute atomic E-state index is 13.0. The second-order valence-corrected chi connectivity index (χ2v) is 9.22. The van der Waals surface area contributed by atoms with E-state index in [2.05, 4.69) is 47.0 Å². The molecule has 0 fully saturated rings. The van der Waals surface area contributed by atoms with Crippen LogP contribution in [0.3, 0.4) is 0 Å². The van der Waals surface area contributed by atoms with Crippen LogP contribution in [0, 0.1) is 0 Å². The first kappa shape index (κ1) is 24.5. The molecule has 37 heavy (non-hydrogen) atoms. The van der Waals surface area contributed by atoms with E-state index >= 15 is 0 Å². The molecular formula is C32H30N2O3. The Morgan fingerprint density at radius 1 is 0.784 bits per heavy atom. The Hall–Kier alpha value is -4.22. The quantitative estimate of drug-likeness (QED) is 0.324. The van der Waals surface area contributed by atoms with Gasteiger partial charge in [-0.3, -0.25) is 9.59 Å². The summed E-state index contributed by atoms with van der Waals surface area (Å²) in [6.45, 7) is 1.07. The molecule has 0 bridgehead atoms. The van der Waals surface area contributed by atoms with E-state index in [-0.39, 0.29) is 23.8 Å². The molecule has 1 atom stereocenters. The number of hydrogen-bond donors (Lipinski definition) is 2. The van der Waals surface area contributed by atoms with Gasteiger partial charge in [-0.25, -0.2) is 0 Å². The molecule has 0 aromatic heterocycles. The molecule has 1 aliphatic rings. The summed E-state index contributed by atoms with van der Waals surface area (Å²) in [5.74, 6) is -0.291. The number of carbonyl (C=O) groups excluding carboxylic acids is 2. The molecule has 2 amide bonds. The van der Waals surface area contributed by atoms with Crippen LogP contribution in [0.15, 0.2) is 109 Å². The minimum Gasteiger partial charge on any atom is -0.371 e. The van der Waals surface area contributed by atoms with Crippen molar-refractivity contribution in [1.29, 1.82) is 0 Å². The van der Waals surface area contributed by atoms with Gasteiger partial charge in [0.25, 0.3) is 5.91 Å². The van der Waals surface area contributed by atoms with Crippen molar-refractivity contribution in [2.45, 2.75) is 24.9 Å². The van der Waals surface area contributed by atoms with Crippen LogP contribution in [0.2, 0.25) is 0 Å². The van der Waals surface area contributed by atoms with Gasteiger partial charge in [0, 0.05) is 30.1 Å². The number of benzene rings is 4. The van der Waals surface area contributed by atoms with E-state index in [1.165, 1.54) is 5.56 Å². The molecule has 1 aliphatic heterocycles. The fourth-order valence-electron chi connectivity index (χ4n) is 4.83. The first-order valence-electron chi connectivity index (χ1n) is 12.6. The predicted octanol–water partition coefficient (Wildman–Crippen LogP) is 5.89. The number of carbonyl (C=O) groups is 2. The molecular weight excluding hydrogens is 460 g/mol. The Morgan fingerprint density at radius 3 is 2.08 bits per heavy atom. The third kappa shape index (κ3) is 6.13. The molecule has 0 aliphatic carbocycles. The number of rotatable bonds is 8. The van der Waals surface area contributed by atoms with Crippen molar-refractivity contribution in [3.05, 3.63) is 137 Å². The number of anilines is 1. The van der Waals surface area contributed by atoms with Gasteiger partial charge in [0.05, 0.1) is 6.61 Å². The van der Waals surface area contributed by atoms with Crippen molar-refractivity contribution in [3.63, 3.8) is 0 Å². The van der Waals surface area contributed by atoms with Gasteiger partial charge in [-0.1, -0.05) is 84.9 Å². The number of amides is 2. The summed E-state index contributed by atoms with van der Waals surface area (Å²) in [7, 11) is 0. The average molecular weight is 491 g/mol. The summed E-state index contributed by atoms with van der Waals surface area (Å²) >= 11 is 0. The molecule has 1 unspecified atom stereocenters. The molecule has 4 aromatic rings. The summed E-state index contributed by atoms with van der Waals surface area (Å²) in [5, 5.41) is 5.96. The lowest BCUT2D eigenvalue weighted by atomic mass is 9.88. The molecule has 0 saturated heterocycles. The van der Waals surface area contributed by atoms with E-state index in [9.17, 15) is 9.59 Å². The minimum absolute atomic E-state index is 0.0420. The van der Waals surface area contributed by atoms with Crippen LogP contribution in [-0.4, -0.2) is 25.0 Å². The van der Waals surface area contributed by atoms with Crippen molar-refractivity contribution < 1.29 is 14.3 Å². The van der Waals surface area contributed by atoms with Crippen molar-refractivity contribution in [2.75, 3.05) is 18.5 Å². The molecule has 186 valence electrons. The number of hydrogen-bond acceptors (Lipinski definition) is 3. The first-order valence-corrected chi connectivity index (χ1v) is 12.6. The number of ether oxygens (including phenoxy) is 1. The van der Waals surface area contributed by atoms with Crippen LogP contribution in [0.4, 0.5) is 5.69 Å². The fraction of sp³-hybridized carbons (Fsp3) is 0.188. The predicted molar refractivity (Wildman–Crippen MR) is 146 cm³/mol. The number of fused-ring (bicyclic) bond motifs is 1. The van der Waals surface area contributed by atoms with Gasteiger partial charge < -0.3 is 15.4 Å². The molecule has 0 spiro atoms. The Balaban J connectivity index is 1.19. The minimum atomic E-state index is -0.169. The molecule has 5 nitrogen and oxygen atoms in total. The van der Waals surface area contributed by atoms with E-state index in [1.54, 1.807) is 24.3 Å². The molecule has 0 saturated carbocycles. The lowest BCUT2D eigenvalue weighted by molar-refractivity contribution is -0.116. The summed E-state index contributed by atoms with van der Waals surface area (Å²) in [6.07, 6.45) is 1.07. The van der Waals surface area contributed by atoms with Gasteiger partial charge >= 0.3 is 0 Å². The van der Waals surface area contributed by atoms with Gasteiger partial charge in [0.1, 0.15) is 6.10 Å². The zero-order chi connectivity index (χ0) is 25.5. The Labute approximate surface area is 217 Å². The van der Waals surface area contributed by atoms with Gasteiger partial charge in [0.2, 0.25) is 5.91 Å². The van der Waals surface area contributed by atoms with E-state index in [1.807, 2.05) is 48.5 Å². The van der Waals surface area contributed by atoms with Crippen LogP contribution < -0.4 is 10.6 Å². The summed E-state index contributed by atoms with van der Waals surface area (Å²) < 4.78 is 5.89. The highest BCUT2D eigenvalue weighted by Gasteiger charge is 2.21. The zero-order valence-corrected chi connectivity index (χ0v) is 20.6. The van der Waals surface area contributed by atoms with Crippen LogP contribution in [0.5, 0.6) is 0 Å². The summed E-state index contributed by atoms with van der Waals surface area (Å²) in [5.41, 5.74) is 5.80. The molecule has 4 aromatic carbocycles. The first-order chi connectivity index (χ1) is 18.2. The smallest absolute Gasteiger partial charge is 0.251 e. The van der Waals surface area contributed by atoms with Gasteiger partial charge in [-0.2, -0.15) is 0 Å². The third-order valence-electron chi connectivity index (χ3n) is 6.76. The maximum Gasteiger partial charge on any atom is 0.251 e. The second-order valence-electron chi connectivity index (χ2n) is 9.22. The summed E-state index contributed by atoms with van der Waals surface area (Å²) in [4.78, 5) is 25.7. The largest absolute Gasteiger partial charge is 0.371 e. The molecule has 1 heterocycles. The lowest BCUT2D eigenvalue weighted by Crippen LogP contribution is -2.31. The third-order valence-corrected chi connectivity index (χ3v) is 6.76. The zero-order valence-electron chi connectivity index (χ0n) is 20.6. The van der Waals surface area contributed by atoms with E-state index < -0.39 is 0 Å². The van der Waals surface area contributed by atoms with Crippen molar-refractivity contribution in [3.8, 4) is 0 Å². The highest BCUT2D eigenvalue weighted by molar-refractivity contribution is 5.96. The van der Waals surface area contributed by atoms with E-state index in [4.69, 9.17) is 4.74 Å². The van der Waals surface area contributed by atoms with Crippen molar-refractivity contribution in [1.82, 2.24) is 5.32 Å². The Bertz CT molecular complexity index is 1300. The van der Waals surface area contributed by atoms with Crippen LogP contribution >= 0.6 is 0 Å². The summed E-state index contributed by atoms with van der Waals surface area (Å²) in [6, 6.07) is 35.3. The van der Waals surface area contributed by atoms with Gasteiger partial charge in [-0.05, 0) is 52.9 Å². The number of nitrogens with one attached hydrogen (secondary N) is 2. The van der Waals surface area contributed by atoms with Crippen LogP contribution in [-0.2, 0) is 16.0 Å². The highest BCUT2D eigenvalue weighted by Crippen LogP contribution is 2.29. The van der Waals surface area contributed by atoms with E-state index in [0.29, 0.717) is 30.8 Å². The Kier molecular flexibility index (Phi) is 7.72. The highest BCUT2D eigenvalue weighted by atomic mass is 16.5. The fourth-order valence-corrected chi connectivity index (χ4v) is 4.83. The monoisotopic (exact) mass is 490 g/mol. The van der Waals surface area contributed by atoms with Crippen LogP contribution in [0.25, 0.3) is 0 Å². The SMILES string of the molecule is O=C(CC(c1ccccc1)c1ccccc1)Nc1ccc(C(=O)NCC2OCCc3ccccc32)cc1. The van der Waals surface area contributed by atoms with Crippen molar-refractivity contribution >= 4 is 17.5 Å². The van der Waals surface area contributed by atoms with Crippen molar-refractivity contribution in [2.24, 2.45) is 0 Å². The molecule has 0 radical (unpaired) electrons.